The molecule has 0 spiro atoms. The lowest BCUT2D eigenvalue weighted by molar-refractivity contribution is -0.113. The van der Waals surface area contributed by atoms with Crippen molar-refractivity contribution in [2.24, 2.45) is 7.05 Å². The highest BCUT2D eigenvalue weighted by Crippen LogP contribution is 2.38. The van der Waals surface area contributed by atoms with Gasteiger partial charge in [0.15, 0.2) is 11.0 Å². The number of carbonyl (C=O) groups is 2. The van der Waals surface area contributed by atoms with Crippen molar-refractivity contribution < 1.29 is 14.3 Å². The van der Waals surface area contributed by atoms with E-state index in [1.54, 1.807) is 19.3 Å². The minimum absolute atomic E-state index is 0.160. The molecule has 1 aliphatic rings. The highest BCUT2D eigenvalue weighted by Gasteiger charge is 2.27. The standard InChI is InChI=1S/C21H23N5O3S2/c1-3-29-20(28)17-14-6-4-5-7-15(14)31-19(17)23-16(27)12-30-21-25-24-18(26(21)2)13-8-10-22-11-9-13/h8-11H,3-7,12H2,1-2H3,(H,23,27). The minimum Gasteiger partial charge on any atom is -0.462 e. The Kier molecular flexibility index (Phi) is 6.67. The van der Waals surface area contributed by atoms with Crippen molar-refractivity contribution in [3.8, 4) is 11.4 Å². The predicted molar refractivity (Wildman–Crippen MR) is 121 cm³/mol. The molecule has 0 aliphatic heterocycles. The SMILES string of the molecule is CCOC(=O)c1c(NC(=O)CSc2nnc(-c3ccncc3)n2C)sc2c1CCCC2. The first-order valence-corrected chi connectivity index (χ1v) is 11.9. The Bertz CT molecular complexity index is 1090. The number of aryl methyl sites for hydroxylation is 1. The van der Waals surface area contributed by atoms with Gasteiger partial charge in [-0.25, -0.2) is 4.79 Å². The normalized spacial score (nSPS) is 13.0. The highest BCUT2D eigenvalue weighted by molar-refractivity contribution is 7.99. The van der Waals surface area contributed by atoms with Crippen molar-refractivity contribution in [3.63, 3.8) is 0 Å². The van der Waals surface area contributed by atoms with Gasteiger partial charge in [-0.15, -0.1) is 21.5 Å². The number of ether oxygens (including phenoxy) is 1. The lowest BCUT2D eigenvalue weighted by Gasteiger charge is -2.12. The molecule has 3 heterocycles. The van der Waals surface area contributed by atoms with Gasteiger partial charge >= 0.3 is 5.97 Å². The van der Waals surface area contributed by atoms with Crippen LogP contribution in [0.3, 0.4) is 0 Å². The van der Waals surface area contributed by atoms with Gasteiger partial charge in [-0.1, -0.05) is 11.8 Å². The van der Waals surface area contributed by atoms with Crippen LogP contribution in [0.25, 0.3) is 11.4 Å². The lowest BCUT2D eigenvalue weighted by Crippen LogP contribution is -2.17. The summed E-state index contributed by atoms with van der Waals surface area (Å²) in [6.45, 7) is 2.09. The van der Waals surface area contributed by atoms with Crippen LogP contribution in [0.1, 0.15) is 40.6 Å². The van der Waals surface area contributed by atoms with E-state index in [9.17, 15) is 9.59 Å². The van der Waals surface area contributed by atoms with Gasteiger partial charge in [-0.3, -0.25) is 9.78 Å². The molecule has 0 atom stereocenters. The molecule has 0 fully saturated rings. The second-order valence-corrected chi connectivity index (χ2v) is 9.12. The summed E-state index contributed by atoms with van der Waals surface area (Å²) in [6.07, 6.45) is 7.34. The number of esters is 1. The number of nitrogens with one attached hydrogen (secondary N) is 1. The molecule has 0 unspecified atom stereocenters. The third-order valence-electron chi connectivity index (χ3n) is 5.01. The van der Waals surface area contributed by atoms with E-state index in [-0.39, 0.29) is 17.6 Å². The average Bonchev–Trinajstić information content (AvgIpc) is 3.32. The van der Waals surface area contributed by atoms with Gasteiger partial charge in [0.1, 0.15) is 5.00 Å². The molecule has 0 radical (unpaired) electrons. The molecule has 4 rings (SSSR count). The summed E-state index contributed by atoms with van der Waals surface area (Å²) < 4.78 is 7.10. The summed E-state index contributed by atoms with van der Waals surface area (Å²) >= 11 is 2.79. The quantitative estimate of drug-likeness (QED) is 0.426. The maximum atomic E-state index is 12.7. The zero-order chi connectivity index (χ0) is 21.8. The van der Waals surface area contributed by atoms with Crippen LogP contribution in [-0.2, 0) is 29.4 Å². The summed E-state index contributed by atoms with van der Waals surface area (Å²) in [7, 11) is 1.86. The summed E-state index contributed by atoms with van der Waals surface area (Å²) in [5.41, 5.74) is 2.47. The van der Waals surface area contributed by atoms with E-state index < -0.39 is 0 Å². The Morgan fingerprint density at radius 1 is 1.23 bits per heavy atom. The molecule has 0 bridgehead atoms. The van der Waals surface area contributed by atoms with Gasteiger partial charge in [-0.2, -0.15) is 0 Å². The lowest BCUT2D eigenvalue weighted by atomic mass is 9.95. The van der Waals surface area contributed by atoms with Crippen molar-refractivity contribution in [2.75, 3.05) is 17.7 Å². The molecule has 0 saturated carbocycles. The van der Waals surface area contributed by atoms with E-state index in [0.717, 1.165) is 36.8 Å². The molecule has 3 aromatic heterocycles. The molecular weight excluding hydrogens is 434 g/mol. The number of nitrogens with zero attached hydrogens (tertiary/aromatic N) is 4. The first-order valence-electron chi connectivity index (χ1n) is 10.1. The zero-order valence-electron chi connectivity index (χ0n) is 17.4. The molecular formula is C21H23N5O3S2. The van der Waals surface area contributed by atoms with Crippen molar-refractivity contribution in [3.05, 3.63) is 40.5 Å². The molecule has 10 heteroatoms. The largest absolute Gasteiger partial charge is 0.462 e. The van der Waals surface area contributed by atoms with Crippen LogP contribution in [-0.4, -0.2) is 44.0 Å². The maximum Gasteiger partial charge on any atom is 0.341 e. The van der Waals surface area contributed by atoms with Gasteiger partial charge in [0.05, 0.1) is 17.9 Å². The number of carbonyl (C=O) groups excluding carboxylic acids is 2. The summed E-state index contributed by atoms with van der Waals surface area (Å²) in [6, 6.07) is 3.72. The van der Waals surface area contributed by atoms with Crippen molar-refractivity contribution >= 4 is 40.0 Å². The van der Waals surface area contributed by atoms with Crippen molar-refractivity contribution in [2.45, 2.75) is 37.8 Å². The number of aromatic nitrogens is 4. The monoisotopic (exact) mass is 457 g/mol. The Hall–Kier alpha value is -2.72. The van der Waals surface area contributed by atoms with Gasteiger partial charge in [0, 0.05) is 29.9 Å². The summed E-state index contributed by atoms with van der Waals surface area (Å²) in [4.78, 5) is 30.4. The first kappa shape index (κ1) is 21.5. The van der Waals surface area contributed by atoms with E-state index in [4.69, 9.17) is 4.74 Å². The Balaban J connectivity index is 1.46. The van der Waals surface area contributed by atoms with Gasteiger partial charge in [0.25, 0.3) is 0 Å². The van der Waals surface area contributed by atoms with Crippen LogP contribution in [0.5, 0.6) is 0 Å². The van der Waals surface area contributed by atoms with E-state index in [1.165, 1.54) is 28.0 Å². The number of anilines is 1. The van der Waals surface area contributed by atoms with Crippen molar-refractivity contribution in [1.82, 2.24) is 19.7 Å². The first-order chi connectivity index (χ1) is 15.1. The van der Waals surface area contributed by atoms with Gasteiger partial charge in [0.2, 0.25) is 5.91 Å². The van der Waals surface area contributed by atoms with Crippen LogP contribution in [0.2, 0.25) is 0 Å². The number of hydrogen-bond donors (Lipinski definition) is 1. The summed E-state index contributed by atoms with van der Waals surface area (Å²) in [5, 5.41) is 12.6. The Labute approximate surface area is 188 Å². The zero-order valence-corrected chi connectivity index (χ0v) is 19.0. The van der Waals surface area contributed by atoms with Crippen molar-refractivity contribution in [1.29, 1.82) is 0 Å². The number of hydrogen-bond acceptors (Lipinski definition) is 8. The third kappa shape index (κ3) is 4.64. The fourth-order valence-electron chi connectivity index (χ4n) is 3.56. The molecule has 0 saturated heterocycles. The average molecular weight is 458 g/mol. The molecule has 162 valence electrons. The second kappa shape index (κ2) is 9.61. The number of thiophene rings is 1. The summed E-state index contributed by atoms with van der Waals surface area (Å²) in [5.74, 6) is 0.316. The van der Waals surface area contributed by atoms with Crippen LogP contribution in [0, 0.1) is 0 Å². The fraction of sp³-hybridized carbons (Fsp3) is 0.381. The maximum absolute atomic E-state index is 12.7. The van der Waals surface area contributed by atoms with Crippen LogP contribution in [0.15, 0.2) is 29.7 Å². The van der Waals surface area contributed by atoms with E-state index >= 15 is 0 Å². The molecule has 1 amide bonds. The van der Waals surface area contributed by atoms with E-state index in [2.05, 4.69) is 20.5 Å². The number of amides is 1. The topological polar surface area (TPSA) is 99.0 Å². The van der Waals surface area contributed by atoms with Gasteiger partial charge < -0.3 is 14.6 Å². The molecule has 0 aromatic carbocycles. The van der Waals surface area contributed by atoms with Crippen LogP contribution >= 0.6 is 23.1 Å². The molecule has 31 heavy (non-hydrogen) atoms. The minimum atomic E-state index is -0.361. The number of thioether (sulfide) groups is 1. The fourth-order valence-corrected chi connectivity index (χ4v) is 5.56. The Morgan fingerprint density at radius 3 is 2.77 bits per heavy atom. The second-order valence-electron chi connectivity index (χ2n) is 7.07. The molecule has 1 N–H and O–H groups in total. The number of pyridine rings is 1. The predicted octanol–water partition coefficient (Wildman–Crippen LogP) is 3.72. The van der Waals surface area contributed by atoms with E-state index in [0.29, 0.717) is 28.2 Å². The number of rotatable bonds is 7. The molecule has 1 aliphatic carbocycles. The van der Waals surface area contributed by atoms with Crippen LogP contribution in [0.4, 0.5) is 5.00 Å². The van der Waals surface area contributed by atoms with Gasteiger partial charge in [-0.05, 0) is 50.3 Å². The third-order valence-corrected chi connectivity index (χ3v) is 7.24. The molecule has 8 nitrogen and oxygen atoms in total. The van der Waals surface area contributed by atoms with Crippen LogP contribution < -0.4 is 5.32 Å². The smallest absolute Gasteiger partial charge is 0.341 e. The van der Waals surface area contributed by atoms with E-state index in [1.807, 2.05) is 23.7 Å². The Morgan fingerprint density at radius 2 is 2.00 bits per heavy atom. The number of fused-ring (bicyclic) bond motifs is 1. The highest BCUT2D eigenvalue weighted by atomic mass is 32.2. The molecule has 3 aromatic rings.